The minimum atomic E-state index is 0. The first kappa shape index (κ1) is 26.9. The molecule has 2 saturated heterocycles. The third-order valence-electron chi connectivity index (χ3n) is 6.61. The second-order valence-corrected chi connectivity index (χ2v) is 8.94. The lowest BCUT2D eigenvalue weighted by Gasteiger charge is -2.34. The van der Waals surface area contributed by atoms with Gasteiger partial charge in [-0.05, 0) is 62.7 Å². The van der Waals surface area contributed by atoms with Crippen LogP contribution in [0.1, 0.15) is 63.0 Å². The van der Waals surface area contributed by atoms with E-state index in [-0.39, 0.29) is 29.9 Å². The molecule has 6 nitrogen and oxygen atoms in total. The smallest absolute Gasteiger partial charge is 0.220 e. The Morgan fingerprint density at radius 2 is 1.69 bits per heavy atom. The molecular formula is C25H42IN5O. The van der Waals surface area contributed by atoms with Crippen molar-refractivity contribution >= 4 is 35.8 Å². The highest BCUT2D eigenvalue weighted by molar-refractivity contribution is 14.0. The van der Waals surface area contributed by atoms with Gasteiger partial charge in [-0.3, -0.25) is 9.69 Å². The van der Waals surface area contributed by atoms with Gasteiger partial charge in [0.05, 0.1) is 6.54 Å². The van der Waals surface area contributed by atoms with E-state index in [1.165, 1.54) is 49.9 Å². The van der Waals surface area contributed by atoms with Crippen molar-refractivity contribution in [3.05, 3.63) is 35.4 Å². The van der Waals surface area contributed by atoms with Crippen molar-refractivity contribution in [3.8, 4) is 0 Å². The molecule has 0 saturated carbocycles. The predicted molar refractivity (Wildman–Crippen MR) is 143 cm³/mol. The average Bonchev–Trinajstić information content (AvgIpc) is 3.07. The van der Waals surface area contributed by atoms with Crippen LogP contribution in [0.2, 0.25) is 0 Å². The number of rotatable bonds is 7. The topological polar surface area (TPSA) is 60.0 Å². The van der Waals surface area contributed by atoms with E-state index >= 15 is 0 Å². The fraction of sp³-hybridized carbons (Fsp3) is 0.680. The molecule has 2 aliphatic heterocycles. The Bertz CT molecular complexity index is 710. The van der Waals surface area contributed by atoms with E-state index in [1.54, 1.807) is 7.05 Å². The SMILES string of the molecule is CCNC(=NCc1ccccc1CN1CCCCCC1)N1CCC(CC(=O)NC)CC1.I. The number of guanidine groups is 1. The van der Waals surface area contributed by atoms with Gasteiger partial charge in [0.15, 0.2) is 5.96 Å². The second-order valence-electron chi connectivity index (χ2n) is 8.94. The minimum absolute atomic E-state index is 0. The van der Waals surface area contributed by atoms with E-state index in [2.05, 4.69) is 51.6 Å². The van der Waals surface area contributed by atoms with Crippen LogP contribution in [0.25, 0.3) is 0 Å². The molecule has 2 heterocycles. The van der Waals surface area contributed by atoms with Crippen molar-refractivity contribution in [1.82, 2.24) is 20.4 Å². The first-order valence-corrected chi connectivity index (χ1v) is 12.2. The van der Waals surface area contributed by atoms with Gasteiger partial charge in [-0.25, -0.2) is 4.99 Å². The lowest BCUT2D eigenvalue weighted by molar-refractivity contribution is -0.121. The molecule has 2 aliphatic rings. The molecular weight excluding hydrogens is 513 g/mol. The zero-order valence-corrected chi connectivity index (χ0v) is 22.3. The highest BCUT2D eigenvalue weighted by Gasteiger charge is 2.23. The number of carbonyl (C=O) groups excluding carboxylic acids is 1. The first-order valence-electron chi connectivity index (χ1n) is 12.2. The zero-order chi connectivity index (χ0) is 21.9. The summed E-state index contributed by atoms with van der Waals surface area (Å²) >= 11 is 0. The van der Waals surface area contributed by atoms with Crippen molar-refractivity contribution in [2.45, 2.75) is 65.0 Å². The molecule has 1 aromatic carbocycles. The van der Waals surface area contributed by atoms with Crippen molar-refractivity contribution in [2.75, 3.05) is 39.8 Å². The van der Waals surface area contributed by atoms with E-state index < -0.39 is 0 Å². The molecule has 2 fully saturated rings. The first-order chi connectivity index (χ1) is 15.2. The number of nitrogens with zero attached hydrogens (tertiary/aromatic N) is 3. The number of hydrogen-bond acceptors (Lipinski definition) is 3. The number of aliphatic imine (C=N–C) groups is 1. The summed E-state index contributed by atoms with van der Waals surface area (Å²) in [5, 5.41) is 6.24. The van der Waals surface area contributed by atoms with Crippen LogP contribution in [0.3, 0.4) is 0 Å². The van der Waals surface area contributed by atoms with Gasteiger partial charge < -0.3 is 15.5 Å². The highest BCUT2D eigenvalue weighted by atomic mass is 127. The van der Waals surface area contributed by atoms with Crippen molar-refractivity contribution < 1.29 is 4.79 Å². The Balaban J connectivity index is 0.00000363. The fourth-order valence-electron chi connectivity index (χ4n) is 4.70. The fourth-order valence-corrected chi connectivity index (χ4v) is 4.70. The van der Waals surface area contributed by atoms with Crippen LogP contribution in [0.5, 0.6) is 0 Å². The van der Waals surface area contributed by atoms with Gasteiger partial charge in [0.25, 0.3) is 0 Å². The van der Waals surface area contributed by atoms with E-state index in [1.807, 2.05) is 0 Å². The molecule has 0 radical (unpaired) electrons. The molecule has 1 amide bonds. The van der Waals surface area contributed by atoms with Crippen LogP contribution < -0.4 is 10.6 Å². The summed E-state index contributed by atoms with van der Waals surface area (Å²) in [6.07, 6.45) is 8.11. The molecule has 1 aromatic rings. The van der Waals surface area contributed by atoms with Gasteiger partial charge in [0.2, 0.25) is 5.91 Å². The number of likely N-dealkylation sites (tertiary alicyclic amines) is 2. The van der Waals surface area contributed by atoms with Crippen LogP contribution in [0.15, 0.2) is 29.3 Å². The molecule has 0 atom stereocenters. The Morgan fingerprint density at radius 1 is 1.03 bits per heavy atom. The zero-order valence-electron chi connectivity index (χ0n) is 19.9. The maximum Gasteiger partial charge on any atom is 0.220 e. The van der Waals surface area contributed by atoms with E-state index in [0.29, 0.717) is 18.9 Å². The molecule has 180 valence electrons. The maximum atomic E-state index is 11.7. The van der Waals surface area contributed by atoms with Gasteiger partial charge >= 0.3 is 0 Å². The van der Waals surface area contributed by atoms with Crippen molar-refractivity contribution in [2.24, 2.45) is 10.9 Å². The van der Waals surface area contributed by atoms with Gasteiger partial charge in [-0.2, -0.15) is 0 Å². The summed E-state index contributed by atoms with van der Waals surface area (Å²) in [6, 6.07) is 8.79. The monoisotopic (exact) mass is 555 g/mol. The molecule has 0 unspecified atom stereocenters. The predicted octanol–water partition coefficient (Wildman–Crippen LogP) is 3.99. The van der Waals surface area contributed by atoms with Crippen molar-refractivity contribution in [1.29, 1.82) is 0 Å². The van der Waals surface area contributed by atoms with Gasteiger partial charge in [0.1, 0.15) is 0 Å². The van der Waals surface area contributed by atoms with Crippen LogP contribution in [-0.2, 0) is 17.9 Å². The molecule has 0 aliphatic carbocycles. The molecule has 3 rings (SSSR count). The maximum absolute atomic E-state index is 11.7. The minimum Gasteiger partial charge on any atom is -0.359 e. The molecule has 0 bridgehead atoms. The summed E-state index contributed by atoms with van der Waals surface area (Å²) in [5.41, 5.74) is 2.74. The lowest BCUT2D eigenvalue weighted by atomic mass is 9.93. The quantitative estimate of drug-likeness (QED) is 0.304. The summed E-state index contributed by atoms with van der Waals surface area (Å²) in [6.45, 7) is 9.09. The Hall–Kier alpha value is -1.35. The number of halogens is 1. The summed E-state index contributed by atoms with van der Waals surface area (Å²) in [7, 11) is 1.72. The molecule has 0 aromatic heterocycles. The van der Waals surface area contributed by atoms with Crippen LogP contribution >= 0.6 is 24.0 Å². The van der Waals surface area contributed by atoms with Crippen LogP contribution in [0, 0.1) is 5.92 Å². The Kier molecular flexibility index (Phi) is 12.4. The third-order valence-corrected chi connectivity index (χ3v) is 6.61. The Labute approximate surface area is 211 Å². The molecule has 7 heteroatoms. The van der Waals surface area contributed by atoms with Crippen LogP contribution in [0.4, 0.5) is 0 Å². The highest BCUT2D eigenvalue weighted by Crippen LogP contribution is 2.21. The summed E-state index contributed by atoms with van der Waals surface area (Å²) < 4.78 is 0. The van der Waals surface area contributed by atoms with E-state index in [9.17, 15) is 4.79 Å². The number of piperidine rings is 1. The van der Waals surface area contributed by atoms with Crippen LogP contribution in [-0.4, -0.2) is 61.4 Å². The second kappa shape index (κ2) is 14.7. The number of carbonyl (C=O) groups is 1. The third kappa shape index (κ3) is 8.54. The Morgan fingerprint density at radius 3 is 2.31 bits per heavy atom. The largest absolute Gasteiger partial charge is 0.359 e. The van der Waals surface area contributed by atoms with Gasteiger partial charge in [-0.1, -0.05) is 37.1 Å². The van der Waals surface area contributed by atoms with Crippen molar-refractivity contribution in [3.63, 3.8) is 0 Å². The number of amides is 1. The summed E-state index contributed by atoms with van der Waals surface area (Å²) in [5.74, 6) is 1.64. The van der Waals surface area contributed by atoms with E-state index in [0.717, 1.165) is 45.0 Å². The molecule has 2 N–H and O–H groups in total. The average molecular weight is 556 g/mol. The number of hydrogen-bond donors (Lipinski definition) is 2. The number of benzene rings is 1. The lowest BCUT2D eigenvalue weighted by Crippen LogP contribution is -2.46. The summed E-state index contributed by atoms with van der Waals surface area (Å²) in [4.78, 5) is 21.7. The molecule has 32 heavy (non-hydrogen) atoms. The normalized spacial score (nSPS) is 18.6. The standard InChI is InChI=1S/C25H41N5O.HI/c1-3-27-25(30-16-12-21(13-17-30)18-24(31)26-2)28-19-22-10-6-7-11-23(22)20-29-14-8-4-5-9-15-29;/h6-7,10-11,21H,3-5,8-9,12-20H2,1-2H3,(H,26,31)(H,27,28);1H. The number of nitrogens with one attached hydrogen (secondary N) is 2. The molecule has 0 spiro atoms. The van der Waals surface area contributed by atoms with E-state index in [4.69, 9.17) is 4.99 Å². The van der Waals surface area contributed by atoms with Gasteiger partial charge in [-0.15, -0.1) is 24.0 Å². The van der Waals surface area contributed by atoms with Gasteiger partial charge in [0, 0.05) is 39.6 Å².